The van der Waals surface area contributed by atoms with E-state index in [1.54, 1.807) is 42.5 Å². The fourth-order valence-electron chi connectivity index (χ4n) is 3.44. The Hall–Kier alpha value is -3.02. The lowest BCUT2D eigenvalue weighted by atomic mass is 10.1. The first-order valence-corrected chi connectivity index (χ1v) is 9.69. The zero-order chi connectivity index (χ0) is 20.7. The highest BCUT2D eigenvalue weighted by Crippen LogP contribution is 2.30. The van der Waals surface area contributed by atoms with Crippen molar-refractivity contribution in [1.29, 1.82) is 0 Å². The van der Waals surface area contributed by atoms with Crippen LogP contribution in [-0.4, -0.2) is 16.4 Å². The van der Waals surface area contributed by atoms with Gasteiger partial charge in [0, 0.05) is 16.4 Å². The minimum Gasteiger partial charge on any atom is -0.316 e. The quantitative estimate of drug-likeness (QED) is 0.480. The van der Waals surface area contributed by atoms with Gasteiger partial charge in [-0.3, -0.25) is 15.0 Å². The molecule has 1 aliphatic heterocycles. The summed E-state index contributed by atoms with van der Waals surface area (Å²) in [6.07, 6.45) is 1.61. The molecule has 3 aromatic rings. The maximum absolute atomic E-state index is 12.8. The zero-order valence-corrected chi connectivity index (χ0v) is 17.3. The first-order chi connectivity index (χ1) is 13.9. The molecule has 0 atom stereocenters. The molecule has 7 heteroatoms. The van der Waals surface area contributed by atoms with Crippen molar-refractivity contribution < 1.29 is 9.59 Å². The molecule has 0 aliphatic carbocycles. The normalized spacial score (nSPS) is 15.3. The summed E-state index contributed by atoms with van der Waals surface area (Å²) >= 11 is 12.4. The first kappa shape index (κ1) is 19.3. The summed E-state index contributed by atoms with van der Waals surface area (Å²) in [4.78, 5) is 25.3. The van der Waals surface area contributed by atoms with Gasteiger partial charge in [0.15, 0.2) is 0 Å². The van der Waals surface area contributed by atoms with Gasteiger partial charge in [-0.15, -0.1) is 0 Å². The lowest BCUT2D eigenvalue weighted by Crippen LogP contribution is -2.35. The van der Waals surface area contributed by atoms with Crippen LogP contribution >= 0.6 is 23.2 Å². The predicted octanol–water partition coefficient (Wildman–Crippen LogP) is 4.86. The van der Waals surface area contributed by atoms with Crippen molar-refractivity contribution in [2.24, 2.45) is 0 Å². The third-order valence-corrected chi connectivity index (χ3v) is 5.36. The lowest BCUT2D eigenvalue weighted by Gasteiger charge is -2.13. The molecule has 29 heavy (non-hydrogen) atoms. The number of carbonyl (C=O) groups is 2. The number of para-hydroxylation sites is 1. The van der Waals surface area contributed by atoms with Gasteiger partial charge in [0.2, 0.25) is 0 Å². The van der Waals surface area contributed by atoms with Crippen molar-refractivity contribution >= 4 is 46.8 Å². The molecule has 0 unspecified atom stereocenters. The Balaban J connectivity index is 1.74. The molecule has 2 heterocycles. The summed E-state index contributed by atoms with van der Waals surface area (Å²) in [6.45, 7) is 3.85. The lowest BCUT2D eigenvalue weighted by molar-refractivity contribution is -0.117. The van der Waals surface area contributed by atoms with Crippen molar-refractivity contribution in [1.82, 2.24) is 9.99 Å². The fraction of sp³-hybridized carbons (Fsp3) is 0.0909. The number of aryl methyl sites for hydroxylation is 1. The van der Waals surface area contributed by atoms with Crippen LogP contribution in [0.15, 0.2) is 60.2 Å². The van der Waals surface area contributed by atoms with Gasteiger partial charge < -0.3 is 4.57 Å². The molecule has 0 saturated carbocycles. The molecule has 1 N–H and O–H groups in total. The summed E-state index contributed by atoms with van der Waals surface area (Å²) in [5.74, 6) is -0.830. The van der Waals surface area contributed by atoms with E-state index in [0.29, 0.717) is 15.7 Å². The second kappa shape index (κ2) is 7.43. The van der Waals surface area contributed by atoms with Crippen molar-refractivity contribution in [2.75, 3.05) is 5.01 Å². The largest absolute Gasteiger partial charge is 0.316 e. The SMILES string of the molecule is Cc1cc(C=C2C(=O)NN(c3ccccc3)C2=O)c(C)n1-c1ccc(Cl)cc1Cl. The van der Waals surface area contributed by atoms with Gasteiger partial charge in [0.05, 0.1) is 16.4 Å². The monoisotopic (exact) mass is 425 g/mol. The molecule has 1 saturated heterocycles. The Morgan fingerprint density at radius 2 is 1.69 bits per heavy atom. The Bertz CT molecular complexity index is 1170. The van der Waals surface area contributed by atoms with E-state index >= 15 is 0 Å². The number of hydrogen-bond acceptors (Lipinski definition) is 2. The number of anilines is 1. The minimum atomic E-state index is -0.437. The van der Waals surface area contributed by atoms with Gasteiger partial charge in [0.25, 0.3) is 11.8 Å². The second-order valence-corrected chi connectivity index (χ2v) is 7.58. The highest BCUT2D eigenvalue weighted by atomic mass is 35.5. The van der Waals surface area contributed by atoms with Gasteiger partial charge in [-0.25, -0.2) is 5.01 Å². The second-order valence-electron chi connectivity index (χ2n) is 6.73. The van der Waals surface area contributed by atoms with E-state index in [1.165, 1.54) is 5.01 Å². The van der Waals surface area contributed by atoms with Crippen molar-refractivity contribution in [3.8, 4) is 5.69 Å². The van der Waals surface area contributed by atoms with Crippen molar-refractivity contribution in [3.05, 3.63) is 87.2 Å². The van der Waals surface area contributed by atoms with Crippen LogP contribution in [0.3, 0.4) is 0 Å². The predicted molar refractivity (Wildman–Crippen MR) is 115 cm³/mol. The van der Waals surface area contributed by atoms with Gasteiger partial charge in [0.1, 0.15) is 5.57 Å². The molecule has 146 valence electrons. The van der Waals surface area contributed by atoms with Crippen LogP contribution in [0.5, 0.6) is 0 Å². The number of nitrogens with zero attached hydrogens (tertiary/aromatic N) is 2. The maximum Gasteiger partial charge on any atom is 0.282 e. The van der Waals surface area contributed by atoms with Crippen LogP contribution in [0, 0.1) is 13.8 Å². The van der Waals surface area contributed by atoms with Crippen LogP contribution in [-0.2, 0) is 9.59 Å². The Labute approximate surface area is 178 Å². The average molecular weight is 426 g/mol. The van der Waals surface area contributed by atoms with Crippen LogP contribution < -0.4 is 10.4 Å². The van der Waals surface area contributed by atoms with Crippen LogP contribution in [0.25, 0.3) is 11.8 Å². The topological polar surface area (TPSA) is 54.3 Å². The summed E-state index contributed by atoms with van der Waals surface area (Å²) in [5, 5.41) is 2.32. The molecule has 5 nitrogen and oxygen atoms in total. The fourth-order valence-corrected chi connectivity index (χ4v) is 3.93. The van der Waals surface area contributed by atoms with E-state index < -0.39 is 11.8 Å². The molecule has 0 radical (unpaired) electrons. The van der Waals surface area contributed by atoms with Crippen LogP contribution in [0.4, 0.5) is 5.69 Å². The molecular formula is C22H17Cl2N3O2. The van der Waals surface area contributed by atoms with E-state index in [1.807, 2.05) is 36.6 Å². The average Bonchev–Trinajstić information content (AvgIpc) is 3.13. The number of carbonyl (C=O) groups excluding carboxylic acids is 2. The number of nitrogens with one attached hydrogen (secondary N) is 1. The third-order valence-electron chi connectivity index (χ3n) is 4.83. The number of aromatic nitrogens is 1. The van der Waals surface area contributed by atoms with E-state index in [4.69, 9.17) is 23.2 Å². The number of hydrazine groups is 1. The number of hydrogen-bond donors (Lipinski definition) is 1. The minimum absolute atomic E-state index is 0.0799. The Morgan fingerprint density at radius 1 is 0.966 bits per heavy atom. The summed E-state index contributed by atoms with van der Waals surface area (Å²) in [6, 6.07) is 16.2. The smallest absolute Gasteiger partial charge is 0.282 e. The van der Waals surface area contributed by atoms with Crippen LogP contribution in [0.2, 0.25) is 10.0 Å². The number of halogens is 2. The highest BCUT2D eigenvalue weighted by Gasteiger charge is 2.34. The first-order valence-electron chi connectivity index (χ1n) is 8.93. The molecule has 0 spiro atoms. The number of rotatable bonds is 3. The third kappa shape index (κ3) is 3.43. The molecule has 1 aromatic heterocycles. The highest BCUT2D eigenvalue weighted by molar-refractivity contribution is 6.35. The zero-order valence-electron chi connectivity index (χ0n) is 15.7. The Morgan fingerprint density at radius 3 is 2.38 bits per heavy atom. The Kier molecular flexibility index (Phi) is 4.94. The molecule has 0 bridgehead atoms. The van der Waals surface area contributed by atoms with E-state index in [0.717, 1.165) is 22.6 Å². The van der Waals surface area contributed by atoms with Gasteiger partial charge in [-0.2, -0.15) is 0 Å². The standard InChI is InChI=1S/C22H17Cl2N3O2/c1-13-10-15(14(2)26(13)20-9-8-16(23)12-19(20)24)11-18-21(28)25-27(22(18)29)17-6-4-3-5-7-17/h3-12H,1-2H3,(H,25,28). The van der Waals surface area contributed by atoms with Crippen LogP contribution in [0.1, 0.15) is 17.0 Å². The van der Waals surface area contributed by atoms with Gasteiger partial charge >= 0.3 is 0 Å². The summed E-state index contributed by atoms with van der Waals surface area (Å²) in [5.41, 5.74) is 6.62. The number of amides is 2. The van der Waals surface area contributed by atoms with E-state index in [-0.39, 0.29) is 5.57 Å². The molecule has 1 aliphatic rings. The molecule has 2 aromatic carbocycles. The van der Waals surface area contributed by atoms with Crippen molar-refractivity contribution in [2.45, 2.75) is 13.8 Å². The van der Waals surface area contributed by atoms with E-state index in [9.17, 15) is 9.59 Å². The number of benzene rings is 2. The summed E-state index contributed by atoms with van der Waals surface area (Å²) < 4.78 is 1.97. The molecule has 2 amide bonds. The molecule has 4 rings (SSSR count). The molecular weight excluding hydrogens is 409 g/mol. The summed E-state index contributed by atoms with van der Waals surface area (Å²) in [7, 11) is 0. The molecule has 1 fully saturated rings. The van der Waals surface area contributed by atoms with Crippen molar-refractivity contribution in [3.63, 3.8) is 0 Å². The maximum atomic E-state index is 12.8. The van der Waals surface area contributed by atoms with E-state index in [2.05, 4.69) is 5.43 Å². The van der Waals surface area contributed by atoms with Gasteiger partial charge in [-0.1, -0.05) is 41.4 Å². The van der Waals surface area contributed by atoms with Gasteiger partial charge in [-0.05, 0) is 61.9 Å².